The molecule has 0 radical (unpaired) electrons. The Hall–Kier alpha value is -1.73. The zero-order valence-electron chi connectivity index (χ0n) is 18.0. The van der Waals surface area contributed by atoms with Crippen LogP contribution in [0.15, 0.2) is 36.4 Å². The van der Waals surface area contributed by atoms with E-state index in [4.69, 9.17) is 9.47 Å². The van der Waals surface area contributed by atoms with Crippen molar-refractivity contribution in [2.75, 3.05) is 20.3 Å². The van der Waals surface area contributed by atoms with E-state index in [0.717, 1.165) is 34.4 Å². The lowest BCUT2D eigenvalue weighted by Crippen LogP contribution is -2.46. The summed E-state index contributed by atoms with van der Waals surface area (Å²) in [5, 5.41) is 30.6. The van der Waals surface area contributed by atoms with Crippen molar-refractivity contribution in [1.29, 1.82) is 0 Å². The Morgan fingerprint density at radius 1 is 1.07 bits per heavy atom. The lowest BCUT2D eigenvalue weighted by atomic mass is 9.89. The normalized spacial score (nSPS) is 26.4. The van der Waals surface area contributed by atoms with Crippen LogP contribution in [-0.4, -0.2) is 53.1 Å². The lowest BCUT2D eigenvalue weighted by Gasteiger charge is -2.41. The smallest absolute Gasteiger partial charge is 0.123 e. The molecule has 0 unspecified atom stereocenters. The van der Waals surface area contributed by atoms with E-state index in [2.05, 4.69) is 18.2 Å². The Balaban J connectivity index is 1.93. The van der Waals surface area contributed by atoms with Crippen molar-refractivity contribution >= 4 is 11.8 Å². The van der Waals surface area contributed by atoms with E-state index in [9.17, 15) is 15.3 Å². The van der Waals surface area contributed by atoms with Gasteiger partial charge >= 0.3 is 0 Å². The van der Waals surface area contributed by atoms with Crippen LogP contribution in [0.3, 0.4) is 0 Å². The summed E-state index contributed by atoms with van der Waals surface area (Å²) >= 11 is 1.51. The molecule has 1 fully saturated rings. The van der Waals surface area contributed by atoms with Gasteiger partial charge in [0.15, 0.2) is 0 Å². The fraction of sp³-hybridized carbons (Fsp3) is 0.500. The molecular formula is C24H32O5S. The molecule has 30 heavy (non-hydrogen) atoms. The summed E-state index contributed by atoms with van der Waals surface area (Å²) in [6, 6.07) is 12.1. The van der Waals surface area contributed by atoms with Crippen LogP contribution in [0.5, 0.6) is 11.5 Å². The molecule has 0 aromatic heterocycles. The molecule has 3 rings (SSSR count). The molecule has 5 atom stereocenters. The van der Waals surface area contributed by atoms with E-state index in [0.29, 0.717) is 12.4 Å². The number of benzene rings is 2. The third-order valence-electron chi connectivity index (χ3n) is 5.91. The minimum Gasteiger partial charge on any atom is -0.496 e. The third-order valence-corrected chi connectivity index (χ3v) is 7.66. The number of thioether (sulfide) groups is 1. The monoisotopic (exact) mass is 432 g/mol. The summed E-state index contributed by atoms with van der Waals surface area (Å²) in [4.78, 5) is 0. The van der Waals surface area contributed by atoms with Gasteiger partial charge in [-0.15, -0.1) is 11.8 Å². The summed E-state index contributed by atoms with van der Waals surface area (Å²) in [6.07, 6.45) is -1.08. The second kappa shape index (κ2) is 10.1. The van der Waals surface area contributed by atoms with E-state index in [1.54, 1.807) is 7.11 Å². The van der Waals surface area contributed by atoms with Crippen molar-refractivity contribution in [3.05, 3.63) is 58.7 Å². The first-order valence-corrected chi connectivity index (χ1v) is 11.3. The van der Waals surface area contributed by atoms with Crippen LogP contribution in [0.2, 0.25) is 0 Å². The first-order chi connectivity index (χ1) is 14.4. The predicted octanol–water partition coefficient (Wildman–Crippen LogP) is 3.50. The van der Waals surface area contributed by atoms with Gasteiger partial charge in [-0.2, -0.15) is 0 Å². The van der Waals surface area contributed by atoms with Gasteiger partial charge in [-0.05, 0) is 61.1 Å². The van der Waals surface area contributed by atoms with Crippen LogP contribution in [0.25, 0.3) is 0 Å². The van der Waals surface area contributed by atoms with Gasteiger partial charge in [0.2, 0.25) is 0 Å². The van der Waals surface area contributed by atoms with Gasteiger partial charge in [0.25, 0.3) is 0 Å². The number of ether oxygens (including phenoxy) is 2. The standard InChI is InChI=1S/C24H32O5S/c1-5-29-18-8-6-16(7-9-18)11-17-12-19(20(28-4)10-14(17)2)24-23(27)22(26)15(3)21(13-25)30-24/h6-10,12,15,21-27H,5,11,13H2,1-4H3/t15-,21-,22+,23-,24+/m1/s1. The van der Waals surface area contributed by atoms with Crippen molar-refractivity contribution in [3.63, 3.8) is 0 Å². The van der Waals surface area contributed by atoms with Gasteiger partial charge in [0, 0.05) is 10.8 Å². The minimum absolute atomic E-state index is 0.0423. The molecule has 5 nitrogen and oxygen atoms in total. The number of aryl methyl sites for hydroxylation is 1. The molecule has 2 aromatic carbocycles. The summed E-state index contributed by atoms with van der Waals surface area (Å²) < 4.78 is 11.1. The fourth-order valence-electron chi connectivity index (χ4n) is 3.99. The lowest BCUT2D eigenvalue weighted by molar-refractivity contribution is -0.0242. The number of rotatable bonds is 7. The second-order valence-corrected chi connectivity index (χ2v) is 9.28. The highest BCUT2D eigenvalue weighted by Gasteiger charge is 2.43. The maximum Gasteiger partial charge on any atom is 0.123 e. The average molecular weight is 433 g/mol. The number of hydrogen-bond acceptors (Lipinski definition) is 6. The minimum atomic E-state index is -0.928. The molecule has 0 bridgehead atoms. The highest BCUT2D eigenvalue weighted by molar-refractivity contribution is 8.00. The molecule has 0 spiro atoms. The van der Waals surface area contributed by atoms with Crippen LogP contribution in [0, 0.1) is 12.8 Å². The number of aliphatic hydroxyl groups is 3. The van der Waals surface area contributed by atoms with E-state index >= 15 is 0 Å². The largest absolute Gasteiger partial charge is 0.496 e. The number of methoxy groups -OCH3 is 1. The predicted molar refractivity (Wildman–Crippen MR) is 121 cm³/mol. The molecule has 1 heterocycles. The van der Waals surface area contributed by atoms with E-state index in [-0.39, 0.29) is 23.0 Å². The third kappa shape index (κ3) is 4.78. The maximum atomic E-state index is 10.8. The average Bonchev–Trinajstić information content (AvgIpc) is 2.75. The first-order valence-electron chi connectivity index (χ1n) is 10.4. The van der Waals surface area contributed by atoms with Crippen LogP contribution in [0.1, 0.15) is 41.4 Å². The molecule has 1 aliphatic heterocycles. The van der Waals surface area contributed by atoms with E-state index < -0.39 is 12.2 Å². The molecule has 164 valence electrons. The van der Waals surface area contributed by atoms with E-state index in [1.165, 1.54) is 11.8 Å². The van der Waals surface area contributed by atoms with Gasteiger partial charge in [-0.25, -0.2) is 0 Å². The number of hydrogen-bond donors (Lipinski definition) is 3. The van der Waals surface area contributed by atoms with Gasteiger partial charge in [0.1, 0.15) is 11.5 Å². The zero-order chi connectivity index (χ0) is 21.8. The molecule has 0 aliphatic carbocycles. The van der Waals surface area contributed by atoms with Crippen molar-refractivity contribution < 1.29 is 24.8 Å². The van der Waals surface area contributed by atoms with Crippen LogP contribution < -0.4 is 9.47 Å². The molecule has 3 N–H and O–H groups in total. The van der Waals surface area contributed by atoms with Gasteiger partial charge < -0.3 is 24.8 Å². The van der Waals surface area contributed by atoms with Crippen LogP contribution >= 0.6 is 11.8 Å². The molecule has 2 aromatic rings. The zero-order valence-corrected chi connectivity index (χ0v) is 18.9. The maximum absolute atomic E-state index is 10.8. The molecule has 6 heteroatoms. The van der Waals surface area contributed by atoms with E-state index in [1.807, 2.05) is 39.0 Å². The van der Waals surface area contributed by atoms with Crippen LogP contribution in [-0.2, 0) is 6.42 Å². The SMILES string of the molecule is CCOc1ccc(Cc2cc([C@@H]3S[C@H](CO)[C@@H](C)[C@H](O)[C@H]3O)c(OC)cc2C)cc1. The second-order valence-electron chi connectivity index (χ2n) is 7.89. The van der Waals surface area contributed by atoms with Gasteiger partial charge in [0.05, 0.1) is 37.8 Å². The fourth-order valence-corrected chi connectivity index (χ4v) is 5.52. The first kappa shape index (κ1) is 22.9. The Kier molecular flexibility index (Phi) is 7.69. The van der Waals surface area contributed by atoms with Crippen LogP contribution in [0.4, 0.5) is 0 Å². The Morgan fingerprint density at radius 3 is 2.37 bits per heavy atom. The van der Waals surface area contributed by atoms with Crippen molar-refractivity contribution in [2.24, 2.45) is 5.92 Å². The quantitative estimate of drug-likeness (QED) is 0.622. The molecule has 1 saturated heterocycles. The highest BCUT2D eigenvalue weighted by atomic mass is 32.2. The number of aliphatic hydroxyl groups excluding tert-OH is 3. The summed E-state index contributed by atoms with van der Waals surface area (Å²) in [7, 11) is 1.62. The highest BCUT2D eigenvalue weighted by Crippen LogP contribution is 2.48. The summed E-state index contributed by atoms with van der Waals surface area (Å²) in [5.74, 6) is 1.36. The van der Waals surface area contributed by atoms with Crippen molar-refractivity contribution in [2.45, 2.75) is 49.9 Å². The molecule has 0 amide bonds. The molecule has 0 saturated carbocycles. The molecule has 1 aliphatic rings. The van der Waals surface area contributed by atoms with Crippen molar-refractivity contribution in [3.8, 4) is 11.5 Å². The molecular weight excluding hydrogens is 400 g/mol. The topological polar surface area (TPSA) is 79.2 Å². The summed E-state index contributed by atoms with van der Waals surface area (Å²) in [6.45, 7) is 6.48. The van der Waals surface area contributed by atoms with Gasteiger partial charge in [-0.3, -0.25) is 0 Å². The summed E-state index contributed by atoms with van der Waals surface area (Å²) in [5.41, 5.74) is 4.26. The Bertz CT molecular complexity index is 836. The van der Waals surface area contributed by atoms with Gasteiger partial charge in [-0.1, -0.05) is 25.1 Å². The van der Waals surface area contributed by atoms with Crippen molar-refractivity contribution in [1.82, 2.24) is 0 Å². The Labute approximate surface area is 183 Å². The Morgan fingerprint density at radius 2 is 1.77 bits per heavy atom.